The first-order chi connectivity index (χ1) is 6.61. The number of carbonyl (C=O) groups excluding carboxylic acids is 1. The van der Waals surface area contributed by atoms with Gasteiger partial charge < -0.3 is 0 Å². The maximum Gasteiger partial charge on any atom is 0.133 e. The van der Waals surface area contributed by atoms with Crippen molar-refractivity contribution in [2.75, 3.05) is 0 Å². The van der Waals surface area contributed by atoms with E-state index < -0.39 is 0 Å². The number of fused-ring (bicyclic) bond motifs is 1. The summed E-state index contributed by atoms with van der Waals surface area (Å²) in [6, 6.07) is 6.39. The fraction of sp³-hybridized carbons (Fsp3) is 0.462. The molecule has 0 saturated carbocycles. The Bertz CT molecular complexity index is 379. The summed E-state index contributed by atoms with van der Waals surface area (Å²) in [6.45, 7) is 6.01. The lowest BCUT2D eigenvalue weighted by atomic mass is 9.92. The highest BCUT2D eigenvalue weighted by Gasteiger charge is 2.32. The van der Waals surface area contributed by atoms with Crippen LogP contribution in [0.2, 0.25) is 0 Å². The average Bonchev–Trinajstić information content (AvgIpc) is 2.46. The van der Waals surface area contributed by atoms with Crippen LogP contribution in [0.25, 0.3) is 0 Å². The number of Topliss-reactive ketones (excluding diaryl/α,β-unsaturated/α-hetero) is 1. The lowest BCUT2D eigenvalue weighted by Crippen LogP contribution is -2.13. The minimum absolute atomic E-state index is 0.214. The third-order valence-corrected chi connectivity index (χ3v) is 3.49. The number of hydrogen-bond donors (Lipinski definition) is 0. The normalized spacial score (nSPS) is 24.8. The molecule has 74 valence electrons. The van der Waals surface area contributed by atoms with Crippen molar-refractivity contribution >= 4 is 5.78 Å². The Hall–Kier alpha value is -1.11. The van der Waals surface area contributed by atoms with Gasteiger partial charge in [0.15, 0.2) is 0 Å². The molecule has 0 amide bonds. The van der Waals surface area contributed by atoms with E-state index in [0.29, 0.717) is 11.7 Å². The molecule has 0 bridgehead atoms. The van der Waals surface area contributed by atoms with Crippen molar-refractivity contribution in [3.8, 4) is 0 Å². The van der Waals surface area contributed by atoms with Crippen molar-refractivity contribution in [1.29, 1.82) is 0 Å². The number of hydrogen-bond acceptors (Lipinski definition) is 1. The molecule has 1 aliphatic carbocycles. The fourth-order valence-electron chi connectivity index (χ4n) is 2.54. The summed E-state index contributed by atoms with van der Waals surface area (Å²) in [5.74, 6) is 0.946. The number of benzene rings is 1. The van der Waals surface area contributed by atoms with Gasteiger partial charge in [0.1, 0.15) is 5.78 Å². The molecule has 0 heterocycles. The predicted molar refractivity (Wildman–Crippen MR) is 57.5 cm³/mol. The second kappa shape index (κ2) is 3.23. The summed E-state index contributed by atoms with van der Waals surface area (Å²) in [7, 11) is 0. The monoisotopic (exact) mass is 188 g/mol. The molecule has 14 heavy (non-hydrogen) atoms. The third kappa shape index (κ3) is 1.28. The van der Waals surface area contributed by atoms with E-state index in [0.717, 1.165) is 6.42 Å². The molecule has 0 N–H and O–H groups in total. The molecule has 0 radical (unpaired) electrons. The molecule has 0 spiro atoms. The highest BCUT2D eigenvalue weighted by molar-refractivity contribution is 5.81. The number of carbonyl (C=O) groups is 1. The molecule has 2 rings (SSSR count). The van der Waals surface area contributed by atoms with Gasteiger partial charge in [-0.05, 0) is 42.9 Å². The van der Waals surface area contributed by atoms with Gasteiger partial charge in [-0.2, -0.15) is 0 Å². The molecule has 1 aromatic carbocycles. The van der Waals surface area contributed by atoms with Gasteiger partial charge in [-0.3, -0.25) is 4.79 Å². The first-order valence-corrected chi connectivity index (χ1v) is 5.20. The average molecular weight is 188 g/mol. The second-order valence-electron chi connectivity index (χ2n) is 4.35. The summed E-state index contributed by atoms with van der Waals surface area (Å²) in [5, 5.41) is 0. The zero-order valence-electron chi connectivity index (χ0n) is 9.00. The van der Waals surface area contributed by atoms with Crippen LogP contribution in [-0.2, 0) is 11.2 Å². The van der Waals surface area contributed by atoms with Crippen LogP contribution in [0.15, 0.2) is 18.2 Å². The fourth-order valence-corrected chi connectivity index (χ4v) is 2.54. The molecule has 0 saturated heterocycles. The van der Waals surface area contributed by atoms with Crippen LogP contribution in [0.4, 0.5) is 0 Å². The molecule has 2 atom stereocenters. The molecular formula is C13H16O. The molecule has 0 unspecified atom stereocenters. The maximum atomic E-state index is 11.4. The van der Waals surface area contributed by atoms with Crippen LogP contribution in [0, 0.1) is 12.8 Å². The first-order valence-electron chi connectivity index (χ1n) is 5.20. The van der Waals surface area contributed by atoms with Crippen molar-refractivity contribution in [2.45, 2.75) is 33.1 Å². The van der Waals surface area contributed by atoms with Crippen molar-refractivity contribution in [2.24, 2.45) is 5.92 Å². The van der Waals surface area contributed by atoms with E-state index in [1.165, 1.54) is 16.7 Å². The molecule has 1 aliphatic rings. The minimum Gasteiger partial charge on any atom is -0.300 e. The molecule has 0 aromatic heterocycles. The van der Waals surface area contributed by atoms with Gasteiger partial charge in [-0.25, -0.2) is 0 Å². The number of aryl methyl sites for hydroxylation is 1. The summed E-state index contributed by atoms with van der Waals surface area (Å²) in [6.07, 6.45) is 0.943. The van der Waals surface area contributed by atoms with Crippen LogP contribution in [-0.4, -0.2) is 5.78 Å². The topological polar surface area (TPSA) is 17.1 Å². The molecule has 1 aromatic rings. The van der Waals surface area contributed by atoms with Crippen LogP contribution in [0.1, 0.15) is 36.5 Å². The maximum absolute atomic E-state index is 11.4. The Kier molecular flexibility index (Phi) is 2.18. The Labute approximate surface area is 85.1 Å². The number of rotatable bonds is 1. The molecular weight excluding hydrogens is 172 g/mol. The molecule has 0 aliphatic heterocycles. The van der Waals surface area contributed by atoms with Gasteiger partial charge in [0.25, 0.3) is 0 Å². The van der Waals surface area contributed by atoms with Gasteiger partial charge in [-0.1, -0.05) is 25.1 Å². The molecule has 1 nitrogen and oxygen atoms in total. The van der Waals surface area contributed by atoms with Crippen molar-refractivity contribution in [1.82, 2.24) is 0 Å². The predicted octanol–water partition coefficient (Wildman–Crippen LogP) is 2.86. The van der Waals surface area contributed by atoms with Crippen LogP contribution in [0.3, 0.4) is 0 Å². The lowest BCUT2D eigenvalue weighted by Gasteiger charge is -2.11. The minimum atomic E-state index is 0.214. The van der Waals surface area contributed by atoms with Gasteiger partial charge in [0.2, 0.25) is 0 Å². The highest BCUT2D eigenvalue weighted by Crippen LogP contribution is 2.39. The van der Waals surface area contributed by atoms with Crippen molar-refractivity contribution in [3.05, 3.63) is 34.9 Å². The van der Waals surface area contributed by atoms with E-state index in [9.17, 15) is 4.79 Å². The van der Waals surface area contributed by atoms with E-state index in [1.54, 1.807) is 6.92 Å². The largest absolute Gasteiger partial charge is 0.300 e. The van der Waals surface area contributed by atoms with E-state index >= 15 is 0 Å². The summed E-state index contributed by atoms with van der Waals surface area (Å²) in [5.41, 5.74) is 4.11. The van der Waals surface area contributed by atoms with Crippen LogP contribution < -0.4 is 0 Å². The quantitative estimate of drug-likeness (QED) is 0.662. The van der Waals surface area contributed by atoms with E-state index in [1.807, 2.05) is 0 Å². The highest BCUT2D eigenvalue weighted by atomic mass is 16.1. The smallest absolute Gasteiger partial charge is 0.133 e. The van der Waals surface area contributed by atoms with E-state index in [2.05, 4.69) is 32.0 Å². The molecule has 0 fully saturated rings. The first kappa shape index (κ1) is 9.45. The van der Waals surface area contributed by atoms with Gasteiger partial charge >= 0.3 is 0 Å². The Morgan fingerprint density at radius 3 is 2.71 bits per heavy atom. The Morgan fingerprint density at radius 1 is 1.43 bits per heavy atom. The van der Waals surface area contributed by atoms with E-state index in [4.69, 9.17) is 0 Å². The van der Waals surface area contributed by atoms with Crippen molar-refractivity contribution in [3.63, 3.8) is 0 Å². The Morgan fingerprint density at radius 2 is 2.14 bits per heavy atom. The molecule has 1 heteroatoms. The summed E-state index contributed by atoms with van der Waals surface area (Å²) in [4.78, 5) is 11.4. The number of ketones is 1. The zero-order valence-corrected chi connectivity index (χ0v) is 9.00. The van der Waals surface area contributed by atoms with Crippen LogP contribution in [0.5, 0.6) is 0 Å². The van der Waals surface area contributed by atoms with Gasteiger partial charge in [0, 0.05) is 5.92 Å². The zero-order chi connectivity index (χ0) is 10.3. The van der Waals surface area contributed by atoms with E-state index in [-0.39, 0.29) is 5.92 Å². The van der Waals surface area contributed by atoms with Gasteiger partial charge in [0.05, 0.1) is 0 Å². The van der Waals surface area contributed by atoms with Crippen molar-refractivity contribution < 1.29 is 4.79 Å². The lowest BCUT2D eigenvalue weighted by molar-refractivity contribution is -0.120. The Balaban J connectivity index is 2.45. The summed E-state index contributed by atoms with van der Waals surface area (Å²) < 4.78 is 0. The standard InChI is InChI=1S/C13H16O/c1-8-5-4-6-11-9(2)13(10(3)14)7-12(8)11/h4-6,9,13H,7H2,1-3H3/t9-,13+/m1/s1. The second-order valence-corrected chi connectivity index (χ2v) is 4.35. The van der Waals surface area contributed by atoms with Gasteiger partial charge in [-0.15, -0.1) is 0 Å². The van der Waals surface area contributed by atoms with Crippen LogP contribution >= 0.6 is 0 Å². The summed E-state index contributed by atoms with van der Waals surface area (Å²) >= 11 is 0. The third-order valence-electron chi connectivity index (χ3n) is 3.49. The SMILES string of the molecule is CC(=O)[C@H]1Cc2c(C)cccc2[C@H]1C.